The minimum absolute atomic E-state index is 0.0237. The second kappa shape index (κ2) is 4.78. The van der Waals surface area contributed by atoms with Crippen LogP contribution in [0.15, 0.2) is 0 Å². The van der Waals surface area contributed by atoms with Gasteiger partial charge in [-0.05, 0) is 31.1 Å². The van der Waals surface area contributed by atoms with Crippen LogP contribution in [0.1, 0.15) is 40.0 Å². The summed E-state index contributed by atoms with van der Waals surface area (Å²) in [5.41, 5.74) is 5.77. The average molecular weight is 198 g/mol. The van der Waals surface area contributed by atoms with Gasteiger partial charge in [-0.15, -0.1) is 0 Å². The summed E-state index contributed by atoms with van der Waals surface area (Å²) < 4.78 is 0. The zero-order chi connectivity index (χ0) is 10.7. The van der Waals surface area contributed by atoms with E-state index >= 15 is 0 Å². The second-order valence-electron chi connectivity index (χ2n) is 5.02. The zero-order valence-electron chi connectivity index (χ0n) is 9.42. The minimum Gasteiger partial charge on any atom is -0.352 e. The van der Waals surface area contributed by atoms with E-state index in [2.05, 4.69) is 26.1 Å². The standard InChI is InChI=1S/C11H22N2O/c1-7(2)4-10(12)11(14)13-9-5-8(3)6-9/h7-10H,4-6,12H2,1-3H3,(H,13,14)/t8?,9?,10-/m0/s1. The van der Waals surface area contributed by atoms with Crippen molar-refractivity contribution in [2.75, 3.05) is 0 Å². The van der Waals surface area contributed by atoms with Crippen molar-refractivity contribution in [3.05, 3.63) is 0 Å². The van der Waals surface area contributed by atoms with E-state index in [9.17, 15) is 4.79 Å². The third-order valence-electron chi connectivity index (χ3n) is 2.78. The van der Waals surface area contributed by atoms with Gasteiger partial charge in [0.1, 0.15) is 0 Å². The van der Waals surface area contributed by atoms with Crippen LogP contribution < -0.4 is 11.1 Å². The lowest BCUT2D eigenvalue weighted by Crippen LogP contribution is -2.50. The SMILES string of the molecule is CC(C)C[C@H](N)C(=O)NC1CC(C)C1. The largest absolute Gasteiger partial charge is 0.352 e. The van der Waals surface area contributed by atoms with E-state index in [0.29, 0.717) is 12.0 Å². The van der Waals surface area contributed by atoms with Crippen molar-refractivity contribution in [2.24, 2.45) is 17.6 Å². The summed E-state index contributed by atoms with van der Waals surface area (Å²) in [4.78, 5) is 11.6. The Bertz CT molecular complexity index is 197. The normalized spacial score (nSPS) is 28.4. The Morgan fingerprint density at radius 1 is 1.50 bits per heavy atom. The van der Waals surface area contributed by atoms with Gasteiger partial charge in [0.25, 0.3) is 0 Å². The fraction of sp³-hybridized carbons (Fsp3) is 0.909. The van der Waals surface area contributed by atoms with Crippen LogP contribution in [-0.2, 0) is 4.79 Å². The van der Waals surface area contributed by atoms with E-state index in [4.69, 9.17) is 5.73 Å². The Balaban J connectivity index is 2.20. The number of carbonyl (C=O) groups excluding carboxylic acids is 1. The third-order valence-corrected chi connectivity index (χ3v) is 2.78. The Labute approximate surface area is 86.4 Å². The summed E-state index contributed by atoms with van der Waals surface area (Å²) in [6.45, 7) is 6.37. The molecular weight excluding hydrogens is 176 g/mol. The van der Waals surface area contributed by atoms with Gasteiger partial charge in [-0.25, -0.2) is 0 Å². The van der Waals surface area contributed by atoms with E-state index in [1.165, 1.54) is 0 Å². The molecule has 1 rings (SSSR count). The van der Waals surface area contributed by atoms with E-state index in [1.54, 1.807) is 0 Å². The molecule has 3 nitrogen and oxygen atoms in total. The first-order valence-corrected chi connectivity index (χ1v) is 5.55. The van der Waals surface area contributed by atoms with Gasteiger partial charge in [0.2, 0.25) is 5.91 Å². The first-order chi connectivity index (χ1) is 6.49. The number of rotatable bonds is 4. The van der Waals surface area contributed by atoms with E-state index in [1.807, 2.05) is 0 Å². The summed E-state index contributed by atoms with van der Waals surface area (Å²) in [6.07, 6.45) is 2.99. The molecule has 1 saturated carbocycles. The molecule has 0 aromatic rings. The Morgan fingerprint density at radius 3 is 2.50 bits per heavy atom. The number of nitrogens with one attached hydrogen (secondary N) is 1. The van der Waals surface area contributed by atoms with Crippen LogP contribution >= 0.6 is 0 Å². The average Bonchev–Trinajstić information content (AvgIpc) is 2.00. The molecule has 0 heterocycles. The van der Waals surface area contributed by atoms with Crippen LogP contribution in [-0.4, -0.2) is 18.0 Å². The molecule has 14 heavy (non-hydrogen) atoms. The Hall–Kier alpha value is -0.570. The van der Waals surface area contributed by atoms with Gasteiger partial charge in [-0.2, -0.15) is 0 Å². The van der Waals surface area contributed by atoms with E-state index in [-0.39, 0.29) is 11.9 Å². The van der Waals surface area contributed by atoms with E-state index in [0.717, 1.165) is 25.2 Å². The molecule has 0 aromatic heterocycles. The molecule has 1 atom stereocenters. The lowest BCUT2D eigenvalue weighted by Gasteiger charge is -2.34. The highest BCUT2D eigenvalue weighted by molar-refractivity contribution is 5.81. The monoisotopic (exact) mass is 198 g/mol. The van der Waals surface area contributed by atoms with Gasteiger partial charge in [0.15, 0.2) is 0 Å². The molecule has 0 unspecified atom stereocenters. The highest BCUT2D eigenvalue weighted by Crippen LogP contribution is 2.26. The van der Waals surface area contributed by atoms with Crippen molar-refractivity contribution in [1.29, 1.82) is 0 Å². The van der Waals surface area contributed by atoms with E-state index < -0.39 is 0 Å². The molecule has 3 heteroatoms. The molecule has 0 radical (unpaired) electrons. The number of hydrogen-bond donors (Lipinski definition) is 2. The number of amides is 1. The summed E-state index contributed by atoms with van der Waals surface area (Å²) in [7, 11) is 0. The van der Waals surface area contributed by atoms with Crippen LogP contribution in [0.4, 0.5) is 0 Å². The molecule has 1 aliphatic carbocycles. The maximum absolute atomic E-state index is 11.6. The molecule has 0 bridgehead atoms. The van der Waals surface area contributed by atoms with Gasteiger partial charge >= 0.3 is 0 Å². The molecule has 1 aliphatic rings. The maximum atomic E-state index is 11.6. The van der Waals surface area contributed by atoms with Crippen LogP contribution in [0.25, 0.3) is 0 Å². The molecular formula is C11H22N2O. The van der Waals surface area contributed by atoms with Crippen LogP contribution in [0.3, 0.4) is 0 Å². The fourth-order valence-corrected chi connectivity index (χ4v) is 1.94. The molecule has 1 fully saturated rings. The smallest absolute Gasteiger partial charge is 0.237 e. The number of hydrogen-bond acceptors (Lipinski definition) is 2. The van der Waals surface area contributed by atoms with Crippen molar-refractivity contribution in [3.63, 3.8) is 0 Å². The summed E-state index contributed by atoms with van der Waals surface area (Å²) in [6, 6.07) is 0.0571. The van der Waals surface area contributed by atoms with Crippen molar-refractivity contribution < 1.29 is 4.79 Å². The lowest BCUT2D eigenvalue weighted by molar-refractivity contribution is -0.124. The van der Waals surface area contributed by atoms with Gasteiger partial charge in [0, 0.05) is 6.04 Å². The van der Waals surface area contributed by atoms with Crippen LogP contribution in [0.2, 0.25) is 0 Å². The van der Waals surface area contributed by atoms with Crippen LogP contribution in [0, 0.1) is 11.8 Å². The number of nitrogens with two attached hydrogens (primary N) is 1. The highest BCUT2D eigenvalue weighted by atomic mass is 16.2. The van der Waals surface area contributed by atoms with Crippen molar-refractivity contribution >= 4 is 5.91 Å². The Morgan fingerprint density at radius 2 is 2.07 bits per heavy atom. The van der Waals surface area contributed by atoms with Crippen LogP contribution in [0.5, 0.6) is 0 Å². The molecule has 1 amide bonds. The first kappa shape index (κ1) is 11.5. The lowest BCUT2D eigenvalue weighted by atomic mass is 9.82. The zero-order valence-corrected chi connectivity index (χ0v) is 9.42. The Kier molecular flexibility index (Phi) is 3.93. The predicted molar refractivity (Wildman–Crippen MR) is 57.8 cm³/mol. The van der Waals surface area contributed by atoms with Crippen molar-refractivity contribution in [1.82, 2.24) is 5.32 Å². The molecule has 82 valence electrons. The van der Waals surface area contributed by atoms with Gasteiger partial charge < -0.3 is 11.1 Å². The van der Waals surface area contributed by atoms with Gasteiger partial charge in [-0.3, -0.25) is 4.79 Å². The molecule has 0 saturated heterocycles. The maximum Gasteiger partial charge on any atom is 0.237 e. The van der Waals surface area contributed by atoms with Gasteiger partial charge in [0.05, 0.1) is 6.04 Å². The highest BCUT2D eigenvalue weighted by Gasteiger charge is 2.28. The quantitative estimate of drug-likeness (QED) is 0.715. The molecule has 0 aromatic carbocycles. The van der Waals surface area contributed by atoms with Crippen molar-refractivity contribution in [2.45, 2.75) is 52.1 Å². The summed E-state index contributed by atoms with van der Waals surface area (Å²) in [5.74, 6) is 1.27. The summed E-state index contributed by atoms with van der Waals surface area (Å²) >= 11 is 0. The van der Waals surface area contributed by atoms with Crippen molar-refractivity contribution in [3.8, 4) is 0 Å². The number of carbonyl (C=O) groups is 1. The van der Waals surface area contributed by atoms with Gasteiger partial charge in [-0.1, -0.05) is 20.8 Å². The third kappa shape index (κ3) is 3.29. The molecule has 3 N–H and O–H groups in total. The topological polar surface area (TPSA) is 55.1 Å². The fourth-order valence-electron chi connectivity index (χ4n) is 1.94. The minimum atomic E-state index is -0.328. The molecule has 0 aliphatic heterocycles. The molecule has 0 spiro atoms. The first-order valence-electron chi connectivity index (χ1n) is 5.55. The predicted octanol–water partition coefficient (Wildman–Crippen LogP) is 1.27. The second-order valence-corrected chi connectivity index (χ2v) is 5.02. The summed E-state index contributed by atoms with van der Waals surface area (Å²) in [5, 5.41) is 2.99.